The van der Waals surface area contributed by atoms with E-state index in [4.69, 9.17) is 0 Å². The number of unbranched alkanes of at least 4 members (excludes halogenated alkanes) is 1. The van der Waals surface area contributed by atoms with Crippen LogP contribution in [-0.4, -0.2) is 0 Å². The summed E-state index contributed by atoms with van der Waals surface area (Å²) in [6.07, 6.45) is 10.7. The minimum absolute atomic E-state index is 1.10. The summed E-state index contributed by atoms with van der Waals surface area (Å²) in [4.78, 5) is 0. The van der Waals surface area contributed by atoms with E-state index >= 15 is 0 Å². The van der Waals surface area contributed by atoms with Crippen molar-refractivity contribution >= 4 is 0 Å². The first kappa shape index (κ1) is 9.22. The van der Waals surface area contributed by atoms with Crippen LogP contribution in [0.3, 0.4) is 0 Å². The maximum atomic E-state index is 3.75. The van der Waals surface area contributed by atoms with E-state index in [2.05, 4.69) is 25.7 Å². The molecule has 0 aliphatic rings. The number of rotatable bonds is 4. The maximum absolute atomic E-state index is 3.75. The minimum Gasteiger partial charge on any atom is -0.0961 e. The zero-order valence-corrected chi connectivity index (χ0v) is 6.93. The van der Waals surface area contributed by atoms with Gasteiger partial charge >= 0.3 is 0 Å². The van der Waals surface area contributed by atoms with Gasteiger partial charge in [0.25, 0.3) is 0 Å². The van der Waals surface area contributed by atoms with Crippen LogP contribution in [0.2, 0.25) is 0 Å². The molecule has 0 saturated carbocycles. The molecule has 0 spiro atoms. The Labute approximate surface area is 64.0 Å². The molecule has 0 nitrogen and oxygen atoms in total. The molecule has 0 heteroatoms. The molecule has 0 aromatic carbocycles. The third-order valence-corrected chi connectivity index (χ3v) is 1.08. The Bertz CT molecular complexity index is 138. The van der Waals surface area contributed by atoms with Gasteiger partial charge in [-0.25, -0.2) is 0 Å². The van der Waals surface area contributed by atoms with Crippen molar-refractivity contribution in [2.75, 3.05) is 0 Å². The zero-order chi connectivity index (χ0) is 7.82. The summed E-state index contributed by atoms with van der Waals surface area (Å²) in [7, 11) is 0. The van der Waals surface area contributed by atoms with Gasteiger partial charge in [0.1, 0.15) is 0 Å². The van der Waals surface area contributed by atoms with Crippen LogP contribution in [0.1, 0.15) is 26.7 Å². The molecule has 0 fully saturated rings. The molecular formula is C10H16. The van der Waals surface area contributed by atoms with Gasteiger partial charge in [0.05, 0.1) is 0 Å². The fourth-order valence-corrected chi connectivity index (χ4v) is 0.561. The minimum atomic E-state index is 1.10. The van der Waals surface area contributed by atoms with E-state index in [9.17, 15) is 0 Å². The third-order valence-electron chi connectivity index (χ3n) is 1.08. The molecule has 0 amide bonds. The first-order chi connectivity index (χ1) is 4.77. The average molecular weight is 136 g/mol. The van der Waals surface area contributed by atoms with Crippen molar-refractivity contribution in [2.24, 2.45) is 0 Å². The van der Waals surface area contributed by atoms with Crippen LogP contribution < -0.4 is 0 Å². The predicted octanol–water partition coefficient (Wildman–Crippen LogP) is 3.48. The van der Waals surface area contributed by atoms with Crippen molar-refractivity contribution < 1.29 is 0 Å². The van der Waals surface area contributed by atoms with Gasteiger partial charge in [0.15, 0.2) is 0 Å². The molecular weight excluding hydrogens is 120 g/mol. The van der Waals surface area contributed by atoms with Crippen molar-refractivity contribution in [1.29, 1.82) is 0 Å². The second-order valence-corrected chi connectivity index (χ2v) is 2.42. The molecule has 0 bridgehead atoms. The third kappa shape index (κ3) is 7.22. The number of hydrogen-bond donors (Lipinski definition) is 0. The highest BCUT2D eigenvalue weighted by molar-refractivity contribution is 5.16. The lowest BCUT2D eigenvalue weighted by Crippen LogP contribution is -1.61. The summed E-state index contributed by atoms with van der Waals surface area (Å²) >= 11 is 0. The highest BCUT2D eigenvalue weighted by Gasteiger charge is 1.71. The molecule has 0 aliphatic heterocycles. The molecule has 0 aliphatic carbocycles. The standard InChI is InChI=1S/C10H16/c1-4-5-6-7-8-9-10(2)3/h6-9H,2,4-5H2,1,3H3/b7-6-,9-8-. The first-order valence-corrected chi connectivity index (χ1v) is 3.76. The lowest BCUT2D eigenvalue weighted by Gasteiger charge is -1.82. The van der Waals surface area contributed by atoms with E-state index in [0.29, 0.717) is 0 Å². The highest BCUT2D eigenvalue weighted by atomic mass is 13.8. The Hall–Kier alpha value is -0.780. The Balaban J connectivity index is 3.42. The second-order valence-electron chi connectivity index (χ2n) is 2.42. The molecule has 0 aromatic rings. The van der Waals surface area contributed by atoms with Gasteiger partial charge < -0.3 is 0 Å². The quantitative estimate of drug-likeness (QED) is 0.519. The lowest BCUT2D eigenvalue weighted by molar-refractivity contribution is 0.959. The van der Waals surface area contributed by atoms with E-state index < -0.39 is 0 Å². The van der Waals surface area contributed by atoms with Crippen LogP contribution in [0.5, 0.6) is 0 Å². The number of allylic oxidation sites excluding steroid dienone is 5. The molecule has 0 rings (SSSR count). The Kier molecular flexibility index (Phi) is 5.85. The summed E-state index contributed by atoms with van der Waals surface area (Å²) in [5, 5.41) is 0. The molecule has 0 heterocycles. The van der Waals surface area contributed by atoms with E-state index in [0.717, 1.165) is 5.57 Å². The predicted molar refractivity (Wildman–Crippen MR) is 48.0 cm³/mol. The normalized spacial score (nSPS) is 11.4. The molecule has 56 valence electrons. The maximum Gasteiger partial charge on any atom is -0.0350 e. The van der Waals surface area contributed by atoms with Crippen LogP contribution in [0.4, 0.5) is 0 Å². The van der Waals surface area contributed by atoms with Gasteiger partial charge in [0, 0.05) is 0 Å². The molecule has 0 saturated heterocycles. The van der Waals surface area contributed by atoms with Crippen LogP contribution in [-0.2, 0) is 0 Å². The van der Waals surface area contributed by atoms with Crippen molar-refractivity contribution in [1.82, 2.24) is 0 Å². The van der Waals surface area contributed by atoms with E-state index in [-0.39, 0.29) is 0 Å². The Morgan fingerprint density at radius 2 is 2.10 bits per heavy atom. The summed E-state index contributed by atoms with van der Waals surface area (Å²) in [5.41, 5.74) is 1.10. The van der Waals surface area contributed by atoms with Gasteiger partial charge in [-0.15, -0.1) is 0 Å². The van der Waals surface area contributed by atoms with Crippen LogP contribution in [0.25, 0.3) is 0 Å². The van der Waals surface area contributed by atoms with E-state index in [1.807, 2.05) is 19.1 Å². The monoisotopic (exact) mass is 136 g/mol. The SMILES string of the molecule is C=C(C)/C=C\C=C/CCC. The van der Waals surface area contributed by atoms with Gasteiger partial charge in [-0.05, 0) is 13.3 Å². The fourth-order valence-electron chi connectivity index (χ4n) is 0.561. The van der Waals surface area contributed by atoms with Crippen molar-refractivity contribution in [3.63, 3.8) is 0 Å². The van der Waals surface area contributed by atoms with E-state index in [1.54, 1.807) is 0 Å². The largest absolute Gasteiger partial charge is 0.0961 e. The summed E-state index contributed by atoms with van der Waals surface area (Å²) < 4.78 is 0. The Morgan fingerprint density at radius 1 is 1.40 bits per heavy atom. The van der Waals surface area contributed by atoms with Crippen LogP contribution >= 0.6 is 0 Å². The molecule has 0 radical (unpaired) electrons. The second kappa shape index (κ2) is 6.34. The lowest BCUT2D eigenvalue weighted by atomic mass is 10.3. The van der Waals surface area contributed by atoms with Crippen molar-refractivity contribution in [2.45, 2.75) is 26.7 Å². The zero-order valence-electron chi connectivity index (χ0n) is 6.93. The summed E-state index contributed by atoms with van der Waals surface area (Å²) in [5.74, 6) is 0. The van der Waals surface area contributed by atoms with Gasteiger partial charge in [-0.1, -0.05) is 49.8 Å². The van der Waals surface area contributed by atoms with Gasteiger partial charge in [-0.2, -0.15) is 0 Å². The van der Waals surface area contributed by atoms with Crippen molar-refractivity contribution in [3.05, 3.63) is 36.5 Å². The molecule has 0 atom stereocenters. The molecule has 10 heavy (non-hydrogen) atoms. The number of hydrogen-bond acceptors (Lipinski definition) is 0. The topological polar surface area (TPSA) is 0 Å². The van der Waals surface area contributed by atoms with Crippen LogP contribution in [0, 0.1) is 0 Å². The van der Waals surface area contributed by atoms with Gasteiger partial charge in [0.2, 0.25) is 0 Å². The highest BCUT2D eigenvalue weighted by Crippen LogP contribution is 1.92. The Morgan fingerprint density at radius 3 is 2.60 bits per heavy atom. The van der Waals surface area contributed by atoms with E-state index in [1.165, 1.54) is 12.8 Å². The molecule has 0 aromatic heterocycles. The fraction of sp³-hybridized carbons (Fsp3) is 0.400. The van der Waals surface area contributed by atoms with Crippen LogP contribution in [0.15, 0.2) is 36.5 Å². The first-order valence-electron chi connectivity index (χ1n) is 3.76. The van der Waals surface area contributed by atoms with Gasteiger partial charge in [-0.3, -0.25) is 0 Å². The van der Waals surface area contributed by atoms with Crippen molar-refractivity contribution in [3.8, 4) is 0 Å². The smallest absolute Gasteiger partial charge is 0.0350 e. The average Bonchev–Trinajstić information content (AvgIpc) is 1.87. The summed E-state index contributed by atoms with van der Waals surface area (Å²) in [6.45, 7) is 7.92. The summed E-state index contributed by atoms with van der Waals surface area (Å²) in [6, 6.07) is 0. The molecule has 0 unspecified atom stereocenters. The molecule has 0 N–H and O–H groups in total.